The number of nitriles is 1. The van der Waals surface area contributed by atoms with Gasteiger partial charge in [0.15, 0.2) is 5.82 Å². The molecule has 1 aromatic carbocycles. The molecule has 1 unspecified atom stereocenters. The predicted molar refractivity (Wildman–Crippen MR) is 128 cm³/mol. The first-order valence-corrected chi connectivity index (χ1v) is 11.3. The van der Waals surface area contributed by atoms with Gasteiger partial charge in [-0.25, -0.2) is 9.97 Å². The molecule has 0 radical (unpaired) electrons. The molecule has 0 bridgehead atoms. The Morgan fingerprint density at radius 2 is 2.21 bits per heavy atom. The Labute approximate surface area is 198 Å². The lowest BCUT2D eigenvalue weighted by Gasteiger charge is -2.32. The molecule has 4 heterocycles. The van der Waals surface area contributed by atoms with Gasteiger partial charge in [0.1, 0.15) is 6.07 Å². The number of benzene rings is 1. The van der Waals surface area contributed by atoms with Crippen molar-refractivity contribution in [1.29, 1.82) is 5.26 Å². The minimum atomic E-state index is -0.453. The second-order valence-electron chi connectivity index (χ2n) is 9.17. The number of aryl methyl sites for hydroxylation is 1. The highest BCUT2D eigenvalue weighted by molar-refractivity contribution is 5.76. The lowest BCUT2D eigenvalue weighted by Crippen LogP contribution is -2.37. The quantitative estimate of drug-likeness (QED) is 0.525. The first-order valence-electron chi connectivity index (χ1n) is 11.3. The smallest absolute Gasteiger partial charge is 0.228 e. The van der Waals surface area contributed by atoms with Crippen LogP contribution in [0, 0.1) is 11.3 Å². The zero-order valence-corrected chi connectivity index (χ0v) is 19.5. The Kier molecular flexibility index (Phi) is 5.69. The van der Waals surface area contributed by atoms with Crippen molar-refractivity contribution in [2.24, 2.45) is 7.05 Å². The maximum atomic E-state index is 9.96. The van der Waals surface area contributed by atoms with E-state index in [4.69, 9.17) is 4.74 Å². The number of aromatic nitrogens is 4. The van der Waals surface area contributed by atoms with Gasteiger partial charge in [-0.1, -0.05) is 6.92 Å². The highest BCUT2D eigenvalue weighted by atomic mass is 16.5. The Hall–Kier alpha value is -3.52. The molecule has 5 rings (SSSR count). The van der Waals surface area contributed by atoms with Gasteiger partial charge in [-0.2, -0.15) is 10.4 Å². The van der Waals surface area contributed by atoms with Crippen molar-refractivity contribution in [3.63, 3.8) is 0 Å². The van der Waals surface area contributed by atoms with Crippen LogP contribution in [0.25, 0.3) is 11.3 Å². The number of aliphatic hydroxyl groups is 1. The molecule has 176 valence electrons. The molecule has 2 aliphatic heterocycles. The average molecular weight is 461 g/mol. The first-order chi connectivity index (χ1) is 16.4. The van der Waals surface area contributed by atoms with Gasteiger partial charge < -0.3 is 20.5 Å². The molecule has 2 aromatic heterocycles. The normalized spacial score (nSPS) is 22.1. The van der Waals surface area contributed by atoms with Gasteiger partial charge in [0.05, 0.1) is 48.5 Å². The van der Waals surface area contributed by atoms with Crippen LogP contribution in [-0.4, -0.2) is 69.7 Å². The topological polar surface area (TPSA) is 124 Å². The number of fused-ring (bicyclic) bond motifs is 1. The number of ether oxygens (including phenoxy) is 1. The van der Waals surface area contributed by atoms with Crippen LogP contribution >= 0.6 is 0 Å². The van der Waals surface area contributed by atoms with Gasteiger partial charge >= 0.3 is 0 Å². The molecule has 0 saturated carbocycles. The van der Waals surface area contributed by atoms with E-state index in [0.717, 1.165) is 35.7 Å². The Balaban J connectivity index is 1.44. The Morgan fingerprint density at radius 1 is 1.35 bits per heavy atom. The van der Waals surface area contributed by atoms with Gasteiger partial charge in [0.2, 0.25) is 5.95 Å². The lowest BCUT2D eigenvalue weighted by molar-refractivity contribution is 0.00218. The molecule has 3 N–H and O–H groups in total. The van der Waals surface area contributed by atoms with E-state index in [2.05, 4.69) is 43.7 Å². The number of hydrogen-bond acceptors (Lipinski definition) is 9. The number of aliphatic hydroxyl groups excluding tert-OH is 1. The molecule has 1 fully saturated rings. The zero-order chi connectivity index (χ0) is 23.9. The predicted octanol–water partition coefficient (Wildman–Crippen LogP) is 2.17. The fraction of sp³-hybridized carbons (Fsp3) is 0.417. The highest BCUT2D eigenvalue weighted by Gasteiger charge is 2.36. The summed E-state index contributed by atoms with van der Waals surface area (Å²) in [6.45, 7) is 4.79. The van der Waals surface area contributed by atoms with E-state index in [0.29, 0.717) is 36.2 Å². The van der Waals surface area contributed by atoms with E-state index in [1.54, 1.807) is 6.20 Å². The van der Waals surface area contributed by atoms with Crippen LogP contribution in [0.4, 0.5) is 17.5 Å². The SMILES string of the molecule is CN1CCOCC1c1cc(Nc2nccc(-c3cc(C#N)c4c(c3)[C@@](C)(CO)CN4)n2)nn1C. The van der Waals surface area contributed by atoms with Crippen molar-refractivity contribution in [2.45, 2.75) is 18.4 Å². The molecule has 0 amide bonds. The minimum absolute atomic E-state index is 0.0128. The van der Waals surface area contributed by atoms with Crippen molar-refractivity contribution in [3.8, 4) is 17.3 Å². The maximum absolute atomic E-state index is 9.96. The summed E-state index contributed by atoms with van der Waals surface area (Å²) < 4.78 is 7.51. The number of likely N-dealkylation sites (N-methyl/N-ethyl adjacent to an activating group) is 1. The number of nitrogens with zero attached hydrogens (tertiary/aromatic N) is 6. The molecule has 34 heavy (non-hydrogen) atoms. The monoisotopic (exact) mass is 460 g/mol. The highest BCUT2D eigenvalue weighted by Crippen LogP contribution is 2.41. The average Bonchev–Trinajstić information content (AvgIpc) is 3.38. The van der Waals surface area contributed by atoms with Gasteiger partial charge in [0, 0.05) is 43.4 Å². The molecule has 1 saturated heterocycles. The van der Waals surface area contributed by atoms with Crippen LogP contribution in [0.15, 0.2) is 30.5 Å². The molecule has 0 aliphatic carbocycles. The van der Waals surface area contributed by atoms with E-state index < -0.39 is 5.41 Å². The number of nitrogens with one attached hydrogen (secondary N) is 2. The number of anilines is 3. The van der Waals surface area contributed by atoms with Crippen molar-refractivity contribution in [3.05, 3.63) is 47.3 Å². The van der Waals surface area contributed by atoms with Crippen LogP contribution in [0.3, 0.4) is 0 Å². The van der Waals surface area contributed by atoms with Crippen LogP contribution in [0.5, 0.6) is 0 Å². The van der Waals surface area contributed by atoms with Crippen molar-refractivity contribution in [2.75, 3.05) is 50.6 Å². The van der Waals surface area contributed by atoms with Gasteiger partial charge in [-0.15, -0.1) is 0 Å². The summed E-state index contributed by atoms with van der Waals surface area (Å²) >= 11 is 0. The van der Waals surface area contributed by atoms with Gasteiger partial charge in [-0.05, 0) is 30.8 Å². The molecular weight excluding hydrogens is 432 g/mol. The largest absolute Gasteiger partial charge is 0.395 e. The van der Waals surface area contributed by atoms with Gasteiger partial charge in [-0.3, -0.25) is 9.58 Å². The van der Waals surface area contributed by atoms with Gasteiger partial charge in [0.25, 0.3) is 0 Å². The lowest BCUT2D eigenvalue weighted by atomic mass is 9.83. The molecule has 2 aliphatic rings. The summed E-state index contributed by atoms with van der Waals surface area (Å²) in [5, 5.41) is 30.7. The Morgan fingerprint density at radius 3 is 2.97 bits per heavy atom. The molecule has 3 aromatic rings. The molecule has 2 atom stereocenters. The second-order valence-corrected chi connectivity index (χ2v) is 9.17. The van der Waals surface area contributed by atoms with Crippen molar-refractivity contribution >= 4 is 17.5 Å². The van der Waals surface area contributed by atoms with E-state index in [1.165, 1.54) is 0 Å². The third-order valence-electron chi connectivity index (χ3n) is 6.76. The standard InChI is InChI=1S/C24H28N8O2/c1-24(14-33)13-27-22-16(11-25)8-15(9-17(22)24)18-4-5-26-23(28-18)29-21-10-19(32(3)30-21)20-12-34-7-6-31(20)2/h4-5,8-10,20,27,33H,6-7,12-14H2,1-3H3,(H,26,28,29,30)/t20?,24-/m1/s1. The van der Waals surface area contributed by atoms with Crippen molar-refractivity contribution < 1.29 is 9.84 Å². The summed E-state index contributed by atoms with van der Waals surface area (Å²) in [4.78, 5) is 11.3. The first kappa shape index (κ1) is 22.3. The third-order valence-corrected chi connectivity index (χ3v) is 6.76. The minimum Gasteiger partial charge on any atom is -0.395 e. The fourth-order valence-electron chi connectivity index (χ4n) is 4.61. The fourth-order valence-corrected chi connectivity index (χ4v) is 4.61. The molecule has 10 heteroatoms. The van der Waals surface area contributed by atoms with E-state index in [1.807, 2.05) is 42.9 Å². The van der Waals surface area contributed by atoms with Crippen molar-refractivity contribution in [1.82, 2.24) is 24.6 Å². The van der Waals surface area contributed by atoms with Crippen LogP contribution in [-0.2, 0) is 17.2 Å². The third kappa shape index (κ3) is 3.88. The van der Waals surface area contributed by atoms with Crippen LogP contribution < -0.4 is 10.6 Å². The zero-order valence-electron chi connectivity index (χ0n) is 19.5. The number of morpholine rings is 1. The van der Waals surface area contributed by atoms with E-state index in [9.17, 15) is 10.4 Å². The van der Waals surface area contributed by atoms with Crippen LogP contribution in [0.1, 0.15) is 29.8 Å². The number of hydrogen-bond donors (Lipinski definition) is 3. The molecule has 0 spiro atoms. The second kappa shape index (κ2) is 8.68. The number of rotatable bonds is 5. The Bertz CT molecular complexity index is 1270. The van der Waals surface area contributed by atoms with E-state index in [-0.39, 0.29) is 12.6 Å². The van der Waals surface area contributed by atoms with Crippen LogP contribution in [0.2, 0.25) is 0 Å². The summed E-state index contributed by atoms with van der Waals surface area (Å²) in [5.41, 5.74) is 4.32. The summed E-state index contributed by atoms with van der Waals surface area (Å²) in [7, 11) is 4.00. The summed E-state index contributed by atoms with van der Waals surface area (Å²) in [5.74, 6) is 1.06. The molecular formula is C24H28N8O2. The van der Waals surface area contributed by atoms with E-state index >= 15 is 0 Å². The maximum Gasteiger partial charge on any atom is 0.228 e. The summed E-state index contributed by atoms with van der Waals surface area (Å²) in [6, 6.07) is 10.0. The summed E-state index contributed by atoms with van der Waals surface area (Å²) in [6.07, 6.45) is 1.68. The molecule has 10 nitrogen and oxygen atoms in total.